The molecule has 1 aromatic heterocycles. The van der Waals surface area contributed by atoms with Crippen molar-refractivity contribution in [2.45, 2.75) is 0 Å². The van der Waals surface area contributed by atoms with Crippen molar-refractivity contribution >= 4 is 22.4 Å². The number of hydrogen-bond donors (Lipinski definition) is 1. The maximum Gasteiger partial charge on any atom is 0.274 e. The van der Waals surface area contributed by atoms with Gasteiger partial charge in [-0.05, 0) is 29.7 Å². The van der Waals surface area contributed by atoms with E-state index in [0.29, 0.717) is 5.69 Å². The van der Waals surface area contributed by atoms with Gasteiger partial charge in [-0.1, -0.05) is 84.9 Å². The first-order valence-corrected chi connectivity index (χ1v) is 9.80. The molecule has 4 heteroatoms. The summed E-state index contributed by atoms with van der Waals surface area (Å²) >= 11 is 0. The quantitative estimate of drug-likeness (QED) is 0.413. The normalized spacial score (nSPS) is 10.8. The van der Waals surface area contributed by atoms with Gasteiger partial charge in [0.1, 0.15) is 5.69 Å². The van der Waals surface area contributed by atoms with Crippen molar-refractivity contribution in [2.24, 2.45) is 0 Å². The highest BCUT2D eigenvalue weighted by Crippen LogP contribution is 2.26. The molecule has 0 aliphatic rings. The highest BCUT2D eigenvalue weighted by molar-refractivity contribution is 6.09. The molecule has 0 atom stereocenters. The van der Waals surface area contributed by atoms with Crippen molar-refractivity contribution < 1.29 is 4.79 Å². The van der Waals surface area contributed by atoms with E-state index in [9.17, 15) is 4.79 Å². The van der Waals surface area contributed by atoms with E-state index in [4.69, 9.17) is 5.10 Å². The molecule has 0 radical (unpaired) electrons. The van der Waals surface area contributed by atoms with Crippen LogP contribution in [0.15, 0.2) is 109 Å². The van der Waals surface area contributed by atoms with E-state index >= 15 is 0 Å². The second kappa shape index (κ2) is 7.68. The molecule has 0 aliphatic heterocycles. The minimum absolute atomic E-state index is 0.204. The maximum absolute atomic E-state index is 13.3. The van der Waals surface area contributed by atoms with E-state index in [1.165, 1.54) is 0 Å². The number of carbonyl (C=O) groups excluding carboxylic acids is 1. The van der Waals surface area contributed by atoms with Crippen molar-refractivity contribution in [2.75, 3.05) is 5.32 Å². The number of anilines is 1. The fourth-order valence-corrected chi connectivity index (χ4v) is 3.58. The van der Waals surface area contributed by atoms with Crippen LogP contribution < -0.4 is 5.32 Å². The standard InChI is InChI=1S/C26H19N3O/c30-26(27-23-17-9-13-19-10-7-8-16-22(19)23)25-18-24(20-11-3-1-4-12-20)28-29(25)21-14-5-2-6-15-21/h1-18H,(H,27,30). The summed E-state index contributed by atoms with van der Waals surface area (Å²) in [6.45, 7) is 0. The molecule has 1 N–H and O–H groups in total. The Kier molecular flexibility index (Phi) is 4.58. The van der Waals surface area contributed by atoms with Crippen molar-refractivity contribution in [1.82, 2.24) is 9.78 Å². The van der Waals surface area contributed by atoms with Crippen LogP contribution in [0.2, 0.25) is 0 Å². The Bertz CT molecular complexity index is 1320. The van der Waals surface area contributed by atoms with Gasteiger partial charge in [-0.15, -0.1) is 0 Å². The SMILES string of the molecule is O=C(Nc1cccc2ccccc12)c1cc(-c2ccccc2)nn1-c1ccccc1. The fourth-order valence-electron chi connectivity index (χ4n) is 3.58. The summed E-state index contributed by atoms with van der Waals surface area (Å²) in [7, 11) is 0. The molecule has 0 spiro atoms. The Morgan fingerprint density at radius 1 is 0.733 bits per heavy atom. The summed E-state index contributed by atoms with van der Waals surface area (Å²) in [6, 6.07) is 35.3. The third-order valence-corrected chi connectivity index (χ3v) is 5.05. The fraction of sp³-hybridized carbons (Fsp3) is 0. The largest absolute Gasteiger partial charge is 0.320 e. The Hall–Kier alpha value is -4.18. The van der Waals surface area contributed by atoms with Gasteiger partial charge in [-0.3, -0.25) is 4.79 Å². The van der Waals surface area contributed by atoms with E-state index < -0.39 is 0 Å². The lowest BCUT2D eigenvalue weighted by atomic mass is 10.1. The van der Waals surface area contributed by atoms with Gasteiger partial charge in [0, 0.05) is 16.6 Å². The number of nitrogens with one attached hydrogen (secondary N) is 1. The first-order chi connectivity index (χ1) is 14.8. The van der Waals surface area contributed by atoms with Crippen molar-refractivity contribution in [1.29, 1.82) is 0 Å². The molecule has 5 aromatic rings. The average molecular weight is 389 g/mol. The summed E-state index contributed by atoms with van der Waals surface area (Å²) in [6.07, 6.45) is 0. The topological polar surface area (TPSA) is 46.9 Å². The lowest BCUT2D eigenvalue weighted by Crippen LogP contribution is -2.17. The zero-order valence-electron chi connectivity index (χ0n) is 16.2. The highest BCUT2D eigenvalue weighted by atomic mass is 16.2. The van der Waals surface area contributed by atoms with Crippen molar-refractivity contribution in [3.8, 4) is 16.9 Å². The molecule has 5 rings (SSSR count). The van der Waals surface area contributed by atoms with E-state index in [1.54, 1.807) is 4.68 Å². The number of nitrogens with zero attached hydrogens (tertiary/aromatic N) is 2. The summed E-state index contributed by atoms with van der Waals surface area (Å²) in [5.41, 5.74) is 3.81. The predicted octanol–water partition coefficient (Wildman–Crippen LogP) is 5.94. The molecule has 0 saturated heterocycles. The summed E-state index contributed by atoms with van der Waals surface area (Å²) < 4.78 is 1.70. The van der Waals surface area contributed by atoms with Crippen LogP contribution in [0.3, 0.4) is 0 Å². The molecule has 0 saturated carbocycles. The van der Waals surface area contributed by atoms with Crippen LogP contribution in [0.5, 0.6) is 0 Å². The maximum atomic E-state index is 13.3. The van der Waals surface area contributed by atoms with Crippen LogP contribution in [-0.4, -0.2) is 15.7 Å². The minimum Gasteiger partial charge on any atom is -0.320 e. The summed E-state index contributed by atoms with van der Waals surface area (Å²) in [4.78, 5) is 13.3. The van der Waals surface area contributed by atoms with Crippen LogP contribution in [0, 0.1) is 0 Å². The molecule has 144 valence electrons. The van der Waals surface area contributed by atoms with Gasteiger partial charge in [-0.2, -0.15) is 5.10 Å². The number of carbonyl (C=O) groups is 1. The van der Waals surface area contributed by atoms with E-state index in [2.05, 4.69) is 5.32 Å². The Labute approximate surface area is 174 Å². The third-order valence-electron chi connectivity index (χ3n) is 5.05. The summed E-state index contributed by atoms with van der Waals surface area (Å²) in [5.74, 6) is -0.204. The van der Waals surface area contributed by atoms with Crippen LogP contribution in [0.4, 0.5) is 5.69 Å². The molecule has 4 aromatic carbocycles. The number of benzene rings is 4. The molecule has 30 heavy (non-hydrogen) atoms. The molecule has 0 unspecified atom stereocenters. The third kappa shape index (κ3) is 3.35. The highest BCUT2D eigenvalue weighted by Gasteiger charge is 2.18. The molecule has 1 amide bonds. The molecule has 0 aliphatic carbocycles. The Morgan fingerprint density at radius 2 is 1.40 bits per heavy atom. The molecule has 4 nitrogen and oxygen atoms in total. The second-order valence-electron chi connectivity index (χ2n) is 7.01. The lowest BCUT2D eigenvalue weighted by molar-refractivity contribution is 0.102. The molecule has 0 fully saturated rings. The van der Waals surface area contributed by atoms with Gasteiger partial charge in [0.25, 0.3) is 5.91 Å². The zero-order valence-corrected chi connectivity index (χ0v) is 16.2. The smallest absolute Gasteiger partial charge is 0.274 e. The lowest BCUT2D eigenvalue weighted by Gasteiger charge is -2.10. The summed E-state index contributed by atoms with van der Waals surface area (Å²) in [5, 5.41) is 9.89. The molecular formula is C26H19N3O. The Morgan fingerprint density at radius 3 is 2.20 bits per heavy atom. The minimum atomic E-state index is -0.204. The number of hydrogen-bond acceptors (Lipinski definition) is 2. The van der Waals surface area contributed by atoms with Gasteiger partial charge in [0.15, 0.2) is 0 Å². The van der Waals surface area contributed by atoms with Gasteiger partial charge < -0.3 is 5.32 Å². The molecule has 1 heterocycles. The first kappa shape index (κ1) is 17.9. The van der Waals surface area contributed by atoms with Crippen LogP contribution >= 0.6 is 0 Å². The monoisotopic (exact) mass is 389 g/mol. The Balaban J connectivity index is 1.58. The zero-order chi connectivity index (χ0) is 20.3. The van der Waals surface area contributed by atoms with Gasteiger partial charge in [0.05, 0.1) is 11.4 Å². The number of amides is 1. The van der Waals surface area contributed by atoms with Crippen LogP contribution in [0.25, 0.3) is 27.7 Å². The average Bonchev–Trinajstić information content (AvgIpc) is 3.26. The number of rotatable bonds is 4. The predicted molar refractivity (Wildman–Crippen MR) is 121 cm³/mol. The molecular weight excluding hydrogens is 370 g/mol. The van der Waals surface area contributed by atoms with E-state index in [0.717, 1.165) is 33.4 Å². The van der Waals surface area contributed by atoms with Gasteiger partial charge in [-0.25, -0.2) is 4.68 Å². The van der Waals surface area contributed by atoms with Crippen LogP contribution in [-0.2, 0) is 0 Å². The second-order valence-corrected chi connectivity index (χ2v) is 7.01. The molecule has 0 bridgehead atoms. The van der Waals surface area contributed by atoms with E-state index in [1.807, 2.05) is 109 Å². The van der Waals surface area contributed by atoms with Crippen molar-refractivity contribution in [3.63, 3.8) is 0 Å². The van der Waals surface area contributed by atoms with Crippen LogP contribution in [0.1, 0.15) is 10.5 Å². The van der Waals surface area contributed by atoms with Gasteiger partial charge >= 0.3 is 0 Å². The number of fused-ring (bicyclic) bond motifs is 1. The van der Waals surface area contributed by atoms with Gasteiger partial charge in [0.2, 0.25) is 0 Å². The number of aromatic nitrogens is 2. The first-order valence-electron chi connectivity index (χ1n) is 9.80. The van der Waals surface area contributed by atoms with Crippen molar-refractivity contribution in [3.05, 3.63) is 115 Å². The van der Waals surface area contributed by atoms with E-state index in [-0.39, 0.29) is 5.91 Å². The number of para-hydroxylation sites is 1.